The Bertz CT molecular complexity index is 1490. The van der Waals surface area contributed by atoms with Gasteiger partial charge in [0.1, 0.15) is 23.6 Å². The molecule has 0 spiro atoms. The van der Waals surface area contributed by atoms with E-state index in [2.05, 4.69) is 25.4 Å². The van der Waals surface area contributed by atoms with E-state index in [-0.39, 0.29) is 18.2 Å². The van der Waals surface area contributed by atoms with Crippen molar-refractivity contribution in [2.45, 2.75) is 27.3 Å². The quantitative estimate of drug-likeness (QED) is 0.417. The number of rotatable bonds is 4. The number of aryl methyl sites for hydroxylation is 3. The normalized spacial score (nSPS) is 11.3. The number of nitrogens with two attached hydrogens (primary N) is 1. The first-order valence-electron chi connectivity index (χ1n) is 10.1. The third-order valence-electron chi connectivity index (χ3n) is 5.29. The second-order valence-electron chi connectivity index (χ2n) is 7.66. The van der Waals surface area contributed by atoms with Crippen LogP contribution >= 0.6 is 0 Å². The first kappa shape index (κ1) is 19.6. The van der Waals surface area contributed by atoms with Gasteiger partial charge in [0.05, 0.1) is 5.56 Å². The molecular weight excluding hydrogens is 408 g/mol. The Morgan fingerprint density at radius 1 is 1.03 bits per heavy atom. The summed E-state index contributed by atoms with van der Waals surface area (Å²) in [5, 5.41) is 10.9. The topological polar surface area (TPSA) is 133 Å². The van der Waals surface area contributed by atoms with E-state index in [1.807, 2.05) is 56.3 Å². The maximum Gasteiger partial charge on any atom is 0.428 e. The van der Waals surface area contributed by atoms with Gasteiger partial charge in [-0.05, 0) is 38.5 Å². The molecular formula is C22H21N8O2+. The summed E-state index contributed by atoms with van der Waals surface area (Å²) in [5.74, 6) is 0.0834. The number of benzene rings is 1. The first-order chi connectivity index (χ1) is 15.4. The van der Waals surface area contributed by atoms with E-state index < -0.39 is 0 Å². The minimum absolute atomic E-state index is 0.0834. The van der Waals surface area contributed by atoms with Crippen molar-refractivity contribution in [3.05, 3.63) is 75.7 Å². The Morgan fingerprint density at radius 2 is 1.75 bits per heavy atom. The van der Waals surface area contributed by atoms with Crippen molar-refractivity contribution in [2.24, 2.45) is 0 Å². The molecule has 1 aromatic carbocycles. The van der Waals surface area contributed by atoms with Crippen LogP contribution in [0.3, 0.4) is 0 Å². The third-order valence-corrected chi connectivity index (χ3v) is 5.29. The number of aromatic amines is 1. The van der Waals surface area contributed by atoms with Gasteiger partial charge in [0.2, 0.25) is 5.65 Å². The van der Waals surface area contributed by atoms with Gasteiger partial charge >= 0.3 is 11.6 Å². The van der Waals surface area contributed by atoms with Crippen LogP contribution in [0, 0.1) is 20.8 Å². The Hall–Kier alpha value is -4.34. The van der Waals surface area contributed by atoms with Crippen molar-refractivity contribution in [1.82, 2.24) is 30.1 Å². The van der Waals surface area contributed by atoms with Gasteiger partial charge in [-0.3, -0.25) is 4.98 Å². The van der Waals surface area contributed by atoms with Gasteiger partial charge in [-0.2, -0.15) is 4.68 Å². The monoisotopic (exact) mass is 429 g/mol. The summed E-state index contributed by atoms with van der Waals surface area (Å²) in [4.78, 5) is 22.4. The van der Waals surface area contributed by atoms with Crippen LogP contribution in [0.15, 0.2) is 51.9 Å². The second-order valence-corrected chi connectivity index (χ2v) is 7.66. The number of anilines is 1. The van der Waals surface area contributed by atoms with Crippen molar-refractivity contribution < 1.29 is 9.03 Å². The molecule has 4 heterocycles. The number of nitrogens with one attached hydrogen (secondary N) is 1. The highest BCUT2D eigenvalue weighted by Gasteiger charge is 2.26. The van der Waals surface area contributed by atoms with Crippen molar-refractivity contribution in [1.29, 1.82) is 0 Å². The van der Waals surface area contributed by atoms with Crippen molar-refractivity contribution >= 4 is 11.6 Å². The predicted octanol–water partition coefficient (Wildman–Crippen LogP) is 1.98. The van der Waals surface area contributed by atoms with E-state index in [9.17, 15) is 4.79 Å². The van der Waals surface area contributed by atoms with Gasteiger partial charge in [0.15, 0.2) is 0 Å². The van der Waals surface area contributed by atoms with Gasteiger partial charge in [0.25, 0.3) is 0 Å². The van der Waals surface area contributed by atoms with E-state index in [4.69, 9.17) is 10.4 Å². The summed E-state index contributed by atoms with van der Waals surface area (Å²) in [7, 11) is 0. The molecule has 0 amide bonds. The number of hydrogen-bond donors (Lipinski definition) is 2. The first-order valence-corrected chi connectivity index (χ1v) is 10.1. The molecule has 0 bridgehead atoms. The number of nitrogen functional groups attached to an aromatic ring is 1. The lowest BCUT2D eigenvalue weighted by Gasteiger charge is -2.10. The molecule has 0 aliphatic carbocycles. The summed E-state index contributed by atoms with van der Waals surface area (Å²) in [5.41, 5.74) is 12.5. The molecule has 0 aliphatic heterocycles. The molecule has 32 heavy (non-hydrogen) atoms. The standard InChI is InChI=1S/C22H20N8O2/c1-12-9-16(10-13(2)24-12)18-19(15-7-5-4-6-8-15)25-21(23)30-20(18)26-29(22(30)31)11-17-14(3)27-32-28-17/h4-10H,11H2,1-3H3,(H2,23,24,25,26)/p+1. The van der Waals surface area contributed by atoms with Gasteiger partial charge in [0, 0.05) is 17.0 Å². The molecule has 10 heteroatoms. The van der Waals surface area contributed by atoms with Crippen molar-refractivity contribution in [2.75, 3.05) is 5.73 Å². The summed E-state index contributed by atoms with van der Waals surface area (Å²) in [6.07, 6.45) is 0. The Morgan fingerprint density at radius 3 is 2.41 bits per heavy atom. The van der Waals surface area contributed by atoms with E-state index in [0.717, 1.165) is 28.1 Å². The second kappa shape index (κ2) is 7.41. The lowest BCUT2D eigenvalue weighted by atomic mass is 9.99. The molecule has 3 N–H and O–H groups in total. The third kappa shape index (κ3) is 3.22. The molecule has 0 aliphatic rings. The number of fused-ring (bicyclic) bond motifs is 1. The van der Waals surface area contributed by atoms with Crippen LogP contribution in [0.1, 0.15) is 22.8 Å². The van der Waals surface area contributed by atoms with Crippen LogP contribution in [0.25, 0.3) is 28.0 Å². The SMILES string of the molecule is Cc1cc(-c2c(-c3ccccc3)nc(N)[n+]3c(=O)n(Cc4nonc4C)[nH]c23)cc(C)n1. The highest BCUT2D eigenvalue weighted by molar-refractivity contribution is 5.88. The smallest absolute Gasteiger partial charge is 0.319 e. The highest BCUT2D eigenvalue weighted by atomic mass is 16.6. The molecule has 0 unspecified atom stereocenters. The van der Waals surface area contributed by atoms with Gasteiger partial charge in [-0.1, -0.05) is 40.6 Å². The Labute approximate surface area is 182 Å². The van der Waals surface area contributed by atoms with Crippen molar-refractivity contribution in [3.8, 4) is 22.4 Å². The van der Waals surface area contributed by atoms with E-state index in [0.29, 0.717) is 22.7 Å². The minimum Gasteiger partial charge on any atom is -0.319 e. The molecule has 0 saturated heterocycles. The number of pyridine rings is 1. The van der Waals surface area contributed by atoms with Crippen LogP contribution in [0.5, 0.6) is 0 Å². The molecule has 0 saturated carbocycles. The molecule has 0 fully saturated rings. The number of aromatic nitrogens is 7. The maximum absolute atomic E-state index is 13.2. The fourth-order valence-corrected chi connectivity index (χ4v) is 3.86. The number of hydrogen-bond acceptors (Lipinski definition) is 7. The van der Waals surface area contributed by atoms with Gasteiger partial charge in [-0.15, -0.1) is 9.38 Å². The zero-order valence-electron chi connectivity index (χ0n) is 17.8. The molecule has 5 rings (SSSR count). The Balaban J connectivity index is 1.84. The van der Waals surface area contributed by atoms with Gasteiger partial charge in [-0.25, -0.2) is 14.5 Å². The van der Waals surface area contributed by atoms with Crippen LogP contribution in [0.4, 0.5) is 5.95 Å². The molecule has 5 aromatic rings. The summed E-state index contributed by atoms with van der Waals surface area (Å²) >= 11 is 0. The molecule has 4 aromatic heterocycles. The molecule has 0 atom stereocenters. The molecule has 10 nitrogen and oxygen atoms in total. The van der Waals surface area contributed by atoms with Crippen LogP contribution in [0.2, 0.25) is 0 Å². The number of H-pyrrole nitrogens is 1. The summed E-state index contributed by atoms with van der Waals surface area (Å²) in [6, 6.07) is 13.7. The summed E-state index contributed by atoms with van der Waals surface area (Å²) < 4.78 is 7.56. The number of nitrogens with zero attached hydrogens (tertiary/aromatic N) is 6. The largest absolute Gasteiger partial charge is 0.428 e. The lowest BCUT2D eigenvalue weighted by Crippen LogP contribution is -2.44. The van der Waals surface area contributed by atoms with Gasteiger partial charge < -0.3 is 5.73 Å². The minimum atomic E-state index is -0.365. The van der Waals surface area contributed by atoms with Crippen LogP contribution in [-0.4, -0.2) is 30.1 Å². The predicted molar refractivity (Wildman–Crippen MR) is 117 cm³/mol. The van der Waals surface area contributed by atoms with Crippen molar-refractivity contribution in [3.63, 3.8) is 0 Å². The van der Waals surface area contributed by atoms with E-state index in [1.165, 1.54) is 9.08 Å². The fourth-order valence-electron chi connectivity index (χ4n) is 3.86. The zero-order chi connectivity index (χ0) is 22.4. The average molecular weight is 429 g/mol. The highest BCUT2D eigenvalue weighted by Crippen LogP contribution is 2.33. The fraction of sp³-hybridized carbons (Fsp3) is 0.182. The van der Waals surface area contributed by atoms with Crippen LogP contribution in [-0.2, 0) is 6.54 Å². The molecule has 160 valence electrons. The summed E-state index contributed by atoms with van der Waals surface area (Å²) in [6.45, 7) is 5.79. The van der Waals surface area contributed by atoms with E-state index >= 15 is 0 Å². The Kier molecular flexibility index (Phi) is 4.54. The maximum atomic E-state index is 13.2. The average Bonchev–Trinajstić information content (AvgIpc) is 3.31. The van der Waals surface area contributed by atoms with Crippen LogP contribution < -0.4 is 15.8 Å². The zero-order valence-corrected chi connectivity index (χ0v) is 17.8. The molecule has 0 radical (unpaired) electrons. The van der Waals surface area contributed by atoms with E-state index in [1.54, 1.807) is 6.92 Å². The lowest BCUT2D eigenvalue weighted by molar-refractivity contribution is -0.516.